The number of fused-ring (bicyclic) bond motifs is 1. The molecular weight excluding hydrogens is 216 g/mol. The summed E-state index contributed by atoms with van der Waals surface area (Å²) in [6, 6.07) is 5.96. The molecule has 1 aromatic carbocycles. The van der Waals surface area contributed by atoms with E-state index in [0.29, 0.717) is 12.2 Å². The van der Waals surface area contributed by atoms with Crippen LogP contribution in [-0.4, -0.2) is 16.1 Å². The molecule has 1 amide bonds. The number of carbonyl (C=O) groups is 1. The highest BCUT2D eigenvalue weighted by Gasteiger charge is 2.15. The number of carbonyl (C=O) groups excluding carboxylic acids is 1. The topological polar surface area (TPSA) is 83.8 Å². The first-order valence-corrected chi connectivity index (χ1v) is 5.46. The maximum atomic E-state index is 11.3. The average Bonchev–Trinajstić information content (AvgIpc) is 2.74. The molecule has 5 heteroatoms. The van der Waals surface area contributed by atoms with Crippen LogP contribution in [0, 0.1) is 0 Å². The summed E-state index contributed by atoms with van der Waals surface area (Å²) in [7, 11) is 0. The van der Waals surface area contributed by atoms with Gasteiger partial charge in [-0.15, -0.1) is 0 Å². The summed E-state index contributed by atoms with van der Waals surface area (Å²) in [4.78, 5) is 11.3. The minimum Gasteiger partial charge on any atom is -0.384 e. The predicted octanol–water partition coefficient (Wildman–Crippen LogP) is 1.54. The lowest BCUT2D eigenvalue weighted by Gasteiger charge is -2.17. The number of nitrogens with one attached hydrogen (secondary N) is 2. The first-order valence-electron chi connectivity index (χ1n) is 5.46. The molecule has 4 N–H and O–H groups in total. The van der Waals surface area contributed by atoms with Crippen LogP contribution in [0.1, 0.15) is 12.0 Å². The van der Waals surface area contributed by atoms with E-state index in [9.17, 15) is 4.79 Å². The van der Waals surface area contributed by atoms with Crippen LogP contribution >= 0.6 is 0 Å². The molecule has 0 aliphatic carbocycles. The summed E-state index contributed by atoms with van der Waals surface area (Å²) < 4.78 is 0. The molecule has 0 atom stereocenters. The van der Waals surface area contributed by atoms with Gasteiger partial charge in [-0.1, -0.05) is 12.1 Å². The van der Waals surface area contributed by atoms with Gasteiger partial charge in [0.2, 0.25) is 5.91 Å². The number of benzene rings is 1. The van der Waals surface area contributed by atoms with E-state index in [1.54, 1.807) is 6.20 Å². The van der Waals surface area contributed by atoms with Crippen LogP contribution in [0.25, 0.3) is 11.1 Å². The van der Waals surface area contributed by atoms with E-state index in [-0.39, 0.29) is 5.91 Å². The minimum absolute atomic E-state index is 0.0646. The zero-order valence-corrected chi connectivity index (χ0v) is 9.16. The largest absolute Gasteiger partial charge is 0.384 e. The van der Waals surface area contributed by atoms with Crippen molar-refractivity contribution in [3.05, 3.63) is 30.0 Å². The van der Waals surface area contributed by atoms with Crippen LogP contribution in [0.3, 0.4) is 0 Å². The molecule has 2 aromatic rings. The van der Waals surface area contributed by atoms with E-state index in [1.807, 2.05) is 18.2 Å². The molecular formula is C12H12N4O. The number of aromatic amines is 1. The van der Waals surface area contributed by atoms with Gasteiger partial charge in [0.15, 0.2) is 0 Å². The summed E-state index contributed by atoms with van der Waals surface area (Å²) in [6.45, 7) is 0. The van der Waals surface area contributed by atoms with E-state index in [4.69, 9.17) is 5.73 Å². The van der Waals surface area contributed by atoms with Gasteiger partial charge >= 0.3 is 0 Å². The molecule has 0 spiro atoms. The molecule has 1 aliphatic heterocycles. The van der Waals surface area contributed by atoms with Crippen LogP contribution in [0.5, 0.6) is 0 Å². The summed E-state index contributed by atoms with van der Waals surface area (Å²) in [5.41, 5.74) is 9.62. The fourth-order valence-electron chi connectivity index (χ4n) is 2.07. The van der Waals surface area contributed by atoms with Crippen molar-refractivity contribution in [3.63, 3.8) is 0 Å². The quantitative estimate of drug-likeness (QED) is 0.692. The van der Waals surface area contributed by atoms with Crippen LogP contribution in [0.4, 0.5) is 11.5 Å². The van der Waals surface area contributed by atoms with Crippen LogP contribution in [0.2, 0.25) is 0 Å². The fourth-order valence-corrected chi connectivity index (χ4v) is 2.07. The van der Waals surface area contributed by atoms with E-state index in [1.165, 1.54) is 0 Å². The van der Waals surface area contributed by atoms with Gasteiger partial charge in [0.05, 0.1) is 6.20 Å². The molecule has 0 bridgehead atoms. The number of rotatable bonds is 1. The third-order valence-electron chi connectivity index (χ3n) is 2.99. The summed E-state index contributed by atoms with van der Waals surface area (Å²) in [6.07, 6.45) is 3.03. The Morgan fingerprint density at radius 3 is 2.94 bits per heavy atom. The molecule has 0 fully saturated rings. The third-order valence-corrected chi connectivity index (χ3v) is 2.99. The van der Waals surface area contributed by atoms with E-state index in [2.05, 4.69) is 15.5 Å². The van der Waals surface area contributed by atoms with Gasteiger partial charge in [-0.05, 0) is 23.6 Å². The van der Waals surface area contributed by atoms with E-state index < -0.39 is 0 Å². The van der Waals surface area contributed by atoms with Gasteiger partial charge in [-0.3, -0.25) is 9.89 Å². The second-order valence-corrected chi connectivity index (χ2v) is 4.12. The van der Waals surface area contributed by atoms with Crippen molar-refractivity contribution >= 4 is 17.4 Å². The number of anilines is 2. The first-order chi connectivity index (χ1) is 8.24. The molecule has 2 heterocycles. The molecule has 1 aliphatic rings. The average molecular weight is 228 g/mol. The van der Waals surface area contributed by atoms with Crippen molar-refractivity contribution in [3.8, 4) is 11.1 Å². The zero-order chi connectivity index (χ0) is 11.8. The number of aromatic nitrogens is 2. The van der Waals surface area contributed by atoms with Crippen molar-refractivity contribution in [2.24, 2.45) is 0 Å². The number of amides is 1. The van der Waals surface area contributed by atoms with Gasteiger partial charge in [0, 0.05) is 17.7 Å². The summed E-state index contributed by atoms with van der Waals surface area (Å²) in [5.74, 6) is 0.599. The highest BCUT2D eigenvalue weighted by Crippen LogP contribution is 2.30. The normalized spacial score (nSPS) is 14.2. The summed E-state index contributed by atoms with van der Waals surface area (Å²) >= 11 is 0. The number of H-pyrrole nitrogens is 1. The number of nitrogen functional groups attached to an aromatic ring is 1. The first kappa shape index (κ1) is 9.89. The van der Waals surface area contributed by atoms with Gasteiger partial charge in [0.1, 0.15) is 5.82 Å². The number of nitrogens with two attached hydrogens (primary N) is 1. The fraction of sp³-hybridized carbons (Fsp3) is 0.167. The number of hydrogen-bond donors (Lipinski definition) is 3. The highest BCUT2D eigenvalue weighted by molar-refractivity contribution is 5.95. The maximum absolute atomic E-state index is 11.3. The second kappa shape index (κ2) is 3.62. The molecule has 5 nitrogen and oxygen atoms in total. The molecule has 1 aromatic heterocycles. The maximum Gasteiger partial charge on any atom is 0.224 e. The molecule has 0 saturated heterocycles. The standard InChI is InChI=1S/C12H12N4O/c13-12-9(6-14-16-12)8-2-1-7-3-4-11(17)15-10(7)5-8/h1-2,5-6H,3-4H2,(H,15,17)(H3,13,14,16). The van der Waals surface area contributed by atoms with Crippen molar-refractivity contribution in [1.82, 2.24) is 10.2 Å². The van der Waals surface area contributed by atoms with Crippen molar-refractivity contribution in [2.75, 3.05) is 11.1 Å². The van der Waals surface area contributed by atoms with Gasteiger partial charge in [-0.25, -0.2) is 0 Å². The Morgan fingerprint density at radius 1 is 1.29 bits per heavy atom. The molecule has 86 valence electrons. The number of nitrogens with zero attached hydrogens (tertiary/aromatic N) is 1. The van der Waals surface area contributed by atoms with Gasteiger partial charge in [0.25, 0.3) is 0 Å². The Bertz CT molecular complexity index is 588. The Labute approximate surface area is 98.0 Å². The molecule has 0 saturated carbocycles. The van der Waals surface area contributed by atoms with E-state index in [0.717, 1.165) is 28.8 Å². The van der Waals surface area contributed by atoms with Gasteiger partial charge < -0.3 is 11.1 Å². The molecule has 3 rings (SSSR count). The van der Waals surface area contributed by atoms with Crippen LogP contribution < -0.4 is 11.1 Å². The number of hydrogen-bond acceptors (Lipinski definition) is 3. The Balaban J connectivity index is 2.06. The third kappa shape index (κ3) is 1.65. The Kier molecular flexibility index (Phi) is 2.11. The molecule has 17 heavy (non-hydrogen) atoms. The monoisotopic (exact) mass is 228 g/mol. The highest BCUT2D eigenvalue weighted by atomic mass is 16.1. The van der Waals surface area contributed by atoms with E-state index >= 15 is 0 Å². The Morgan fingerprint density at radius 2 is 2.18 bits per heavy atom. The Hall–Kier alpha value is -2.30. The van der Waals surface area contributed by atoms with Crippen molar-refractivity contribution < 1.29 is 4.79 Å². The van der Waals surface area contributed by atoms with Crippen molar-refractivity contribution in [2.45, 2.75) is 12.8 Å². The van der Waals surface area contributed by atoms with Gasteiger partial charge in [-0.2, -0.15) is 5.10 Å². The van der Waals surface area contributed by atoms with Crippen molar-refractivity contribution in [1.29, 1.82) is 0 Å². The SMILES string of the molecule is Nc1[nH]ncc1-c1ccc2c(c1)NC(=O)CC2. The minimum atomic E-state index is 0.0646. The van der Waals surface area contributed by atoms with Crippen LogP contribution in [-0.2, 0) is 11.2 Å². The lowest BCUT2D eigenvalue weighted by Crippen LogP contribution is -2.18. The number of aryl methyl sites for hydroxylation is 1. The summed E-state index contributed by atoms with van der Waals surface area (Å²) in [5, 5.41) is 9.46. The second-order valence-electron chi connectivity index (χ2n) is 4.12. The smallest absolute Gasteiger partial charge is 0.224 e. The van der Waals surface area contributed by atoms with Crippen LogP contribution in [0.15, 0.2) is 24.4 Å². The lowest BCUT2D eigenvalue weighted by atomic mass is 9.99. The predicted molar refractivity (Wildman–Crippen MR) is 65.4 cm³/mol. The molecule has 0 radical (unpaired) electrons. The molecule has 0 unspecified atom stereocenters. The lowest BCUT2D eigenvalue weighted by molar-refractivity contribution is -0.116. The zero-order valence-electron chi connectivity index (χ0n) is 9.16.